The molecule has 0 saturated heterocycles. The van der Waals surface area contributed by atoms with Gasteiger partial charge >= 0.3 is 0 Å². The van der Waals surface area contributed by atoms with Gasteiger partial charge < -0.3 is 14.9 Å². The second-order valence-corrected chi connectivity index (χ2v) is 7.48. The molecule has 0 saturated carbocycles. The molecule has 1 heterocycles. The molecule has 8 heteroatoms. The first-order valence-corrected chi connectivity index (χ1v) is 10.2. The zero-order chi connectivity index (χ0) is 20.1. The highest BCUT2D eigenvalue weighted by Gasteiger charge is 2.16. The minimum atomic E-state index is 0.456. The number of benzene rings is 2. The van der Waals surface area contributed by atoms with Crippen molar-refractivity contribution in [3.05, 3.63) is 68.2 Å². The zero-order valence-electron chi connectivity index (χ0n) is 16.1. The summed E-state index contributed by atoms with van der Waals surface area (Å²) >= 11 is 8.95. The molecule has 0 bridgehead atoms. The van der Waals surface area contributed by atoms with Crippen LogP contribution in [0.15, 0.2) is 40.9 Å². The molecular formula is C20H23BrN4O2S. The Morgan fingerprint density at radius 1 is 1.25 bits per heavy atom. The number of aryl methyl sites for hydroxylation is 2. The molecule has 28 heavy (non-hydrogen) atoms. The number of aromatic amines is 1. The van der Waals surface area contributed by atoms with Crippen LogP contribution in [-0.4, -0.2) is 22.0 Å². The standard InChI is InChI=1S/C20H23BrN4O2S/c1-4-18-23-24-20(28)25(18)22-11-15-16(21)9-10-17(26-3)19(15)27-12-14-8-6-5-7-13(14)2/h5-10,22H,4,11-12H2,1-3H3,(H,24,28). The Balaban J connectivity index is 1.88. The van der Waals surface area contributed by atoms with Crippen LogP contribution >= 0.6 is 28.1 Å². The van der Waals surface area contributed by atoms with E-state index in [1.807, 2.05) is 31.2 Å². The lowest BCUT2D eigenvalue weighted by Gasteiger charge is -2.18. The van der Waals surface area contributed by atoms with Crippen LogP contribution in [0.25, 0.3) is 0 Å². The summed E-state index contributed by atoms with van der Waals surface area (Å²) in [6.07, 6.45) is 0.760. The molecule has 0 unspecified atom stereocenters. The first-order chi connectivity index (χ1) is 13.5. The van der Waals surface area contributed by atoms with E-state index in [-0.39, 0.29) is 0 Å². The summed E-state index contributed by atoms with van der Waals surface area (Å²) in [5, 5.41) is 7.04. The monoisotopic (exact) mass is 462 g/mol. The predicted molar refractivity (Wildman–Crippen MR) is 116 cm³/mol. The number of hydrogen-bond donors (Lipinski definition) is 2. The average Bonchev–Trinajstić information content (AvgIpc) is 3.06. The van der Waals surface area contributed by atoms with Crippen LogP contribution in [0.4, 0.5) is 0 Å². The molecule has 0 fully saturated rings. The predicted octanol–water partition coefficient (Wildman–Crippen LogP) is 4.91. The van der Waals surface area contributed by atoms with Crippen molar-refractivity contribution in [2.45, 2.75) is 33.4 Å². The number of H-pyrrole nitrogens is 1. The van der Waals surface area contributed by atoms with Crippen LogP contribution in [0.5, 0.6) is 11.5 Å². The van der Waals surface area contributed by atoms with Gasteiger partial charge in [-0.15, -0.1) is 0 Å². The van der Waals surface area contributed by atoms with Crippen LogP contribution < -0.4 is 14.9 Å². The van der Waals surface area contributed by atoms with Crippen LogP contribution in [0.2, 0.25) is 0 Å². The summed E-state index contributed by atoms with van der Waals surface area (Å²) in [6.45, 7) is 5.05. The second-order valence-electron chi connectivity index (χ2n) is 6.24. The van der Waals surface area contributed by atoms with Crippen LogP contribution in [0.3, 0.4) is 0 Å². The fraction of sp³-hybridized carbons (Fsp3) is 0.300. The smallest absolute Gasteiger partial charge is 0.214 e. The SMILES string of the molecule is CCc1n[nH]c(=S)n1NCc1c(Br)ccc(OC)c1OCc1ccccc1C. The molecule has 2 aromatic carbocycles. The number of hydrogen-bond acceptors (Lipinski definition) is 5. The van der Waals surface area contributed by atoms with Gasteiger partial charge in [-0.3, -0.25) is 5.10 Å². The molecule has 3 rings (SSSR count). The van der Waals surface area contributed by atoms with Gasteiger partial charge in [0.1, 0.15) is 6.61 Å². The number of nitrogens with one attached hydrogen (secondary N) is 2. The molecule has 0 aliphatic heterocycles. The number of rotatable bonds is 8. The minimum Gasteiger partial charge on any atom is -0.493 e. The maximum Gasteiger partial charge on any atom is 0.214 e. The largest absolute Gasteiger partial charge is 0.493 e. The van der Waals surface area contributed by atoms with Crippen molar-refractivity contribution >= 4 is 28.1 Å². The highest BCUT2D eigenvalue weighted by molar-refractivity contribution is 9.10. The van der Waals surface area contributed by atoms with Crippen molar-refractivity contribution in [1.82, 2.24) is 14.9 Å². The lowest BCUT2D eigenvalue weighted by molar-refractivity contribution is 0.280. The molecule has 0 atom stereocenters. The summed E-state index contributed by atoms with van der Waals surface area (Å²) < 4.78 is 15.0. The van der Waals surface area contributed by atoms with Crippen molar-refractivity contribution < 1.29 is 9.47 Å². The molecule has 2 N–H and O–H groups in total. The van der Waals surface area contributed by atoms with Gasteiger partial charge in [0.15, 0.2) is 17.3 Å². The van der Waals surface area contributed by atoms with Gasteiger partial charge in [0.25, 0.3) is 0 Å². The number of ether oxygens (including phenoxy) is 2. The molecule has 0 spiro atoms. The van der Waals surface area contributed by atoms with E-state index in [1.165, 1.54) is 5.56 Å². The molecule has 0 amide bonds. The summed E-state index contributed by atoms with van der Waals surface area (Å²) in [5.41, 5.74) is 6.59. The van der Waals surface area contributed by atoms with E-state index < -0.39 is 0 Å². The molecule has 1 aromatic heterocycles. The second kappa shape index (κ2) is 9.25. The maximum atomic E-state index is 6.21. The minimum absolute atomic E-state index is 0.456. The van der Waals surface area contributed by atoms with Gasteiger partial charge in [-0.05, 0) is 42.4 Å². The van der Waals surface area contributed by atoms with Crippen LogP contribution in [-0.2, 0) is 19.6 Å². The first kappa shape index (κ1) is 20.4. The molecule has 0 aliphatic rings. The van der Waals surface area contributed by atoms with Crippen molar-refractivity contribution in [3.63, 3.8) is 0 Å². The van der Waals surface area contributed by atoms with E-state index in [1.54, 1.807) is 11.8 Å². The van der Waals surface area contributed by atoms with Crippen molar-refractivity contribution in [3.8, 4) is 11.5 Å². The topological polar surface area (TPSA) is 64.1 Å². The zero-order valence-corrected chi connectivity index (χ0v) is 18.5. The van der Waals surface area contributed by atoms with Gasteiger partial charge in [0, 0.05) is 16.5 Å². The Morgan fingerprint density at radius 3 is 2.75 bits per heavy atom. The molecular weight excluding hydrogens is 440 g/mol. The normalized spacial score (nSPS) is 10.7. The third-order valence-corrected chi connectivity index (χ3v) is 5.51. The van der Waals surface area contributed by atoms with E-state index in [4.69, 9.17) is 21.7 Å². The third kappa shape index (κ3) is 4.39. The summed E-state index contributed by atoms with van der Waals surface area (Å²) in [5.74, 6) is 2.21. The average molecular weight is 463 g/mol. The molecule has 6 nitrogen and oxygen atoms in total. The van der Waals surface area contributed by atoms with E-state index in [2.05, 4.69) is 50.6 Å². The number of halogens is 1. The summed E-state index contributed by atoms with van der Waals surface area (Å²) in [7, 11) is 1.64. The molecule has 148 valence electrons. The maximum absolute atomic E-state index is 6.21. The quantitative estimate of drug-likeness (QED) is 0.465. The molecule has 3 aromatic rings. The number of aromatic nitrogens is 3. The lowest BCUT2D eigenvalue weighted by Crippen LogP contribution is -2.18. The number of methoxy groups -OCH3 is 1. The Hall–Kier alpha value is -2.32. The highest BCUT2D eigenvalue weighted by Crippen LogP contribution is 2.37. The van der Waals surface area contributed by atoms with Crippen molar-refractivity contribution in [2.24, 2.45) is 0 Å². The molecule has 0 aliphatic carbocycles. The van der Waals surface area contributed by atoms with Crippen molar-refractivity contribution in [1.29, 1.82) is 0 Å². The van der Waals surface area contributed by atoms with Gasteiger partial charge in [0.2, 0.25) is 4.77 Å². The van der Waals surface area contributed by atoms with Gasteiger partial charge in [0.05, 0.1) is 13.7 Å². The van der Waals surface area contributed by atoms with Crippen LogP contribution in [0, 0.1) is 11.7 Å². The first-order valence-electron chi connectivity index (χ1n) is 8.98. The van der Waals surface area contributed by atoms with Gasteiger partial charge in [-0.25, -0.2) is 4.68 Å². The Morgan fingerprint density at radius 2 is 2.04 bits per heavy atom. The summed E-state index contributed by atoms with van der Waals surface area (Å²) in [6, 6.07) is 12.0. The Labute approximate surface area is 178 Å². The fourth-order valence-electron chi connectivity index (χ4n) is 2.88. The molecule has 0 radical (unpaired) electrons. The lowest BCUT2D eigenvalue weighted by atomic mass is 10.1. The van der Waals surface area contributed by atoms with Crippen molar-refractivity contribution in [2.75, 3.05) is 12.5 Å². The number of nitrogens with zero attached hydrogens (tertiary/aromatic N) is 2. The highest BCUT2D eigenvalue weighted by atomic mass is 79.9. The van der Waals surface area contributed by atoms with E-state index in [0.717, 1.165) is 27.8 Å². The van der Waals surface area contributed by atoms with Gasteiger partial charge in [-0.1, -0.05) is 47.1 Å². The van der Waals surface area contributed by atoms with E-state index >= 15 is 0 Å². The van der Waals surface area contributed by atoms with Crippen LogP contribution in [0.1, 0.15) is 29.4 Å². The Kier molecular flexibility index (Phi) is 6.74. The fourth-order valence-corrected chi connectivity index (χ4v) is 3.54. The van der Waals surface area contributed by atoms with E-state index in [0.29, 0.717) is 29.4 Å². The Bertz CT molecular complexity index is 1020. The van der Waals surface area contributed by atoms with Gasteiger partial charge in [-0.2, -0.15) is 5.10 Å². The summed E-state index contributed by atoms with van der Waals surface area (Å²) in [4.78, 5) is 0. The van der Waals surface area contributed by atoms with E-state index in [9.17, 15) is 0 Å². The third-order valence-electron chi connectivity index (χ3n) is 4.49.